The van der Waals surface area contributed by atoms with Crippen molar-refractivity contribution in [3.8, 4) is 5.75 Å². The Balaban J connectivity index is 2.18. The second-order valence-corrected chi connectivity index (χ2v) is 5.59. The lowest BCUT2D eigenvalue weighted by Crippen LogP contribution is -2.35. The Hall–Kier alpha value is -1.45. The quantitative estimate of drug-likeness (QED) is 0.821. The highest BCUT2D eigenvalue weighted by Gasteiger charge is 2.27. The summed E-state index contributed by atoms with van der Waals surface area (Å²) >= 11 is 0. The molecule has 4 heteroatoms. The van der Waals surface area contributed by atoms with E-state index in [-0.39, 0.29) is 5.82 Å². The Morgan fingerprint density at radius 2 is 2.05 bits per heavy atom. The molecule has 0 radical (unpaired) electrons. The first-order chi connectivity index (χ1) is 9.02. The highest BCUT2D eigenvalue weighted by molar-refractivity contribution is 5.62. The van der Waals surface area contributed by atoms with Gasteiger partial charge in [-0.2, -0.15) is 0 Å². The van der Waals surface area contributed by atoms with Gasteiger partial charge in [0, 0.05) is 18.2 Å². The Kier molecular flexibility index (Phi) is 4.17. The minimum absolute atomic E-state index is 0.312. The molecule has 1 saturated carbocycles. The Labute approximate surface area is 114 Å². The van der Waals surface area contributed by atoms with E-state index in [1.165, 1.54) is 18.9 Å². The van der Waals surface area contributed by atoms with Gasteiger partial charge in [0.25, 0.3) is 0 Å². The molecule has 0 aliphatic heterocycles. The fourth-order valence-electron chi connectivity index (χ4n) is 2.84. The second-order valence-electron chi connectivity index (χ2n) is 5.59. The Bertz CT molecular complexity index is 450. The zero-order valence-corrected chi connectivity index (χ0v) is 11.9. The standard InChI is InChI=1S/C15H23FN2O/c1-9-5-4-6-13(10(9)2)18-14-8-15(19-3)12(17)7-11(14)16/h7-10,13,18H,4-6,17H2,1-3H3. The number of anilines is 2. The number of benzene rings is 1. The number of hydrogen-bond acceptors (Lipinski definition) is 3. The topological polar surface area (TPSA) is 47.3 Å². The van der Waals surface area contributed by atoms with Crippen molar-refractivity contribution in [1.82, 2.24) is 0 Å². The summed E-state index contributed by atoms with van der Waals surface area (Å²) < 4.78 is 19.1. The summed E-state index contributed by atoms with van der Waals surface area (Å²) in [6.07, 6.45) is 3.53. The molecule has 3 unspecified atom stereocenters. The van der Waals surface area contributed by atoms with Gasteiger partial charge < -0.3 is 15.8 Å². The molecule has 3 atom stereocenters. The lowest BCUT2D eigenvalue weighted by atomic mass is 9.78. The predicted molar refractivity (Wildman–Crippen MR) is 77.0 cm³/mol. The minimum atomic E-state index is -0.316. The first-order valence-electron chi connectivity index (χ1n) is 6.92. The molecule has 0 amide bonds. The number of halogens is 1. The molecule has 1 aliphatic carbocycles. The molecule has 19 heavy (non-hydrogen) atoms. The van der Waals surface area contributed by atoms with Crippen molar-refractivity contribution in [1.29, 1.82) is 0 Å². The number of rotatable bonds is 3. The Morgan fingerprint density at radius 1 is 1.32 bits per heavy atom. The zero-order chi connectivity index (χ0) is 14.0. The fourth-order valence-corrected chi connectivity index (χ4v) is 2.84. The van der Waals surface area contributed by atoms with E-state index >= 15 is 0 Å². The predicted octanol–water partition coefficient (Wildman–Crippen LogP) is 3.65. The largest absolute Gasteiger partial charge is 0.495 e. The van der Waals surface area contributed by atoms with Crippen LogP contribution in [-0.4, -0.2) is 13.2 Å². The van der Waals surface area contributed by atoms with Gasteiger partial charge in [0.1, 0.15) is 11.6 Å². The van der Waals surface area contributed by atoms with Crippen LogP contribution in [0.2, 0.25) is 0 Å². The lowest BCUT2D eigenvalue weighted by molar-refractivity contribution is 0.252. The van der Waals surface area contributed by atoms with Gasteiger partial charge in [-0.3, -0.25) is 0 Å². The maximum Gasteiger partial charge on any atom is 0.148 e. The van der Waals surface area contributed by atoms with Crippen LogP contribution in [0.3, 0.4) is 0 Å². The van der Waals surface area contributed by atoms with E-state index in [1.807, 2.05) is 0 Å². The number of nitrogen functional groups attached to an aromatic ring is 1. The third-order valence-electron chi connectivity index (χ3n) is 4.37. The SMILES string of the molecule is COc1cc(NC2CCCC(C)C2C)c(F)cc1N. The van der Waals surface area contributed by atoms with E-state index in [1.54, 1.807) is 13.2 Å². The van der Waals surface area contributed by atoms with Crippen LogP contribution < -0.4 is 15.8 Å². The third kappa shape index (κ3) is 2.94. The van der Waals surface area contributed by atoms with Crippen LogP contribution in [0.15, 0.2) is 12.1 Å². The monoisotopic (exact) mass is 266 g/mol. The van der Waals surface area contributed by atoms with Crippen molar-refractivity contribution in [3.63, 3.8) is 0 Å². The van der Waals surface area contributed by atoms with E-state index in [0.717, 1.165) is 6.42 Å². The number of nitrogens with one attached hydrogen (secondary N) is 1. The molecule has 2 rings (SSSR count). The molecule has 106 valence electrons. The van der Waals surface area contributed by atoms with Gasteiger partial charge in [0.15, 0.2) is 0 Å². The molecule has 1 fully saturated rings. The maximum atomic E-state index is 13.9. The van der Waals surface area contributed by atoms with Gasteiger partial charge in [0.2, 0.25) is 0 Å². The van der Waals surface area contributed by atoms with Gasteiger partial charge in [0.05, 0.1) is 18.5 Å². The average Bonchev–Trinajstić information content (AvgIpc) is 2.38. The van der Waals surface area contributed by atoms with Crippen molar-refractivity contribution in [3.05, 3.63) is 17.9 Å². The summed E-state index contributed by atoms with van der Waals surface area (Å²) in [5.74, 6) is 1.41. The molecule has 1 aromatic carbocycles. The van der Waals surface area contributed by atoms with Crippen molar-refractivity contribution in [2.45, 2.75) is 39.2 Å². The van der Waals surface area contributed by atoms with Crippen molar-refractivity contribution < 1.29 is 9.13 Å². The summed E-state index contributed by atoms with van der Waals surface area (Å²) in [6, 6.07) is 3.28. The maximum absolute atomic E-state index is 13.9. The molecular weight excluding hydrogens is 243 g/mol. The van der Waals surface area contributed by atoms with Crippen molar-refractivity contribution in [2.24, 2.45) is 11.8 Å². The molecular formula is C15H23FN2O. The highest BCUT2D eigenvalue weighted by Crippen LogP contribution is 2.34. The Morgan fingerprint density at radius 3 is 2.74 bits per heavy atom. The molecule has 0 spiro atoms. The molecule has 1 aromatic rings. The van der Waals surface area contributed by atoms with E-state index in [0.29, 0.717) is 35.0 Å². The number of hydrogen-bond donors (Lipinski definition) is 2. The van der Waals surface area contributed by atoms with Gasteiger partial charge >= 0.3 is 0 Å². The fraction of sp³-hybridized carbons (Fsp3) is 0.600. The molecule has 0 aromatic heterocycles. The van der Waals surface area contributed by atoms with Crippen LogP contribution in [0.5, 0.6) is 5.75 Å². The van der Waals surface area contributed by atoms with Crippen molar-refractivity contribution >= 4 is 11.4 Å². The lowest BCUT2D eigenvalue weighted by Gasteiger charge is -2.35. The van der Waals surface area contributed by atoms with Crippen LogP contribution >= 0.6 is 0 Å². The van der Waals surface area contributed by atoms with Gasteiger partial charge in [-0.15, -0.1) is 0 Å². The third-order valence-corrected chi connectivity index (χ3v) is 4.37. The van der Waals surface area contributed by atoms with Crippen LogP contribution in [0, 0.1) is 17.7 Å². The van der Waals surface area contributed by atoms with Crippen molar-refractivity contribution in [2.75, 3.05) is 18.2 Å². The summed E-state index contributed by atoms with van der Waals surface area (Å²) in [5, 5.41) is 3.32. The average molecular weight is 266 g/mol. The second kappa shape index (κ2) is 5.68. The van der Waals surface area contributed by atoms with E-state index in [4.69, 9.17) is 10.5 Å². The molecule has 3 nitrogen and oxygen atoms in total. The minimum Gasteiger partial charge on any atom is -0.495 e. The number of nitrogens with two attached hydrogens (primary N) is 1. The van der Waals surface area contributed by atoms with Gasteiger partial charge in [-0.05, 0) is 18.3 Å². The number of ether oxygens (including phenoxy) is 1. The van der Waals surface area contributed by atoms with E-state index in [2.05, 4.69) is 19.2 Å². The summed E-state index contributed by atoms with van der Waals surface area (Å²) in [6.45, 7) is 4.49. The molecule has 0 saturated heterocycles. The van der Waals surface area contributed by atoms with E-state index < -0.39 is 0 Å². The molecule has 3 N–H and O–H groups in total. The first kappa shape index (κ1) is 14.0. The van der Waals surface area contributed by atoms with Crippen LogP contribution in [0.25, 0.3) is 0 Å². The normalized spacial score (nSPS) is 27.1. The van der Waals surface area contributed by atoms with Crippen LogP contribution in [-0.2, 0) is 0 Å². The van der Waals surface area contributed by atoms with E-state index in [9.17, 15) is 4.39 Å². The summed E-state index contributed by atoms with van der Waals surface area (Å²) in [7, 11) is 1.54. The highest BCUT2D eigenvalue weighted by atomic mass is 19.1. The molecule has 0 bridgehead atoms. The van der Waals surface area contributed by atoms with Gasteiger partial charge in [-0.25, -0.2) is 4.39 Å². The summed E-state index contributed by atoms with van der Waals surface area (Å²) in [5.41, 5.74) is 6.50. The number of methoxy groups -OCH3 is 1. The zero-order valence-electron chi connectivity index (χ0n) is 11.9. The van der Waals surface area contributed by atoms with Gasteiger partial charge in [-0.1, -0.05) is 26.7 Å². The van der Waals surface area contributed by atoms with Crippen LogP contribution in [0.1, 0.15) is 33.1 Å². The smallest absolute Gasteiger partial charge is 0.148 e. The summed E-state index contributed by atoms with van der Waals surface area (Å²) in [4.78, 5) is 0. The molecule has 1 aliphatic rings. The first-order valence-corrected chi connectivity index (χ1v) is 6.92. The molecule has 0 heterocycles. The van der Waals surface area contributed by atoms with Crippen LogP contribution in [0.4, 0.5) is 15.8 Å².